The number of aromatic carboxylic acids is 1. The summed E-state index contributed by atoms with van der Waals surface area (Å²) < 4.78 is 0. The van der Waals surface area contributed by atoms with Crippen LogP contribution in [0.25, 0.3) is 0 Å². The highest BCUT2D eigenvalue weighted by Gasteiger charge is 2.18. The number of carbonyl (C=O) groups is 2. The predicted molar refractivity (Wildman–Crippen MR) is 77.7 cm³/mol. The number of carboxylic acids is 1. The highest BCUT2D eigenvalue weighted by atomic mass is 32.1. The van der Waals surface area contributed by atoms with Gasteiger partial charge in [0.2, 0.25) is 0 Å². The summed E-state index contributed by atoms with van der Waals surface area (Å²) in [6.07, 6.45) is 0. The Labute approximate surface area is 120 Å². The molecule has 0 fully saturated rings. The van der Waals surface area contributed by atoms with E-state index in [1.54, 1.807) is 26.0 Å². The van der Waals surface area contributed by atoms with E-state index in [1.165, 1.54) is 17.4 Å². The van der Waals surface area contributed by atoms with Crippen LogP contribution >= 0.6 is 11.3 Å². The summed E-state index contributed by atoms with van der Waals surface area (Å²) >= 11 is 1.29. The van der Waals surface area contributed by atoms with Gasteiger partial charge in [0, 0.05) is 0 Å². The SMILES string of the molecule is Cc1nc(C)c(C(=O)Nc2c(C)cccc2C(=O)O)s1. The average molecular weight is 290 g/mol. The topological polar surface area (TPSA) is 79.3 Å². The number of aryl methyl sites for hydroxylation is 3. The Morgan fingerprint density at radius 3 is 2.50 bits per heavy atom. The molecule has 6 heteroatoms. The van der Waals surface area contributed by atoms with E-state index >= 15 is 0 Å². The Kier molecular flexibility index (Phi) is 3.85. The van der Waals surface area contributed by atoms with Crippen molar-refractivity contribution in [2.75, 3.05) is 5.32 Å². The molecule has 0 saturated carbocycles. The molecule has 0 radical (unpaired) electrons. The maximum absolute atomic E-state index is 12.2. The monoisotopic (exact) mass is 290 g/mol. The third kappa shape index (κ3) is 2.70. The largest absolute Gasteiger partial charge is 0.478 e. The van der Waals surface area contributed by atoms with Crippen LogP contribution in [-0.4, -0.2) is 22.0 Å². The van der Waals surface area contributed by atoms with E-state index in [0.717, 1.165) is 5.01 Å². The number of hydrogen-bond acceptors (Lipinski definition) is 4. The molecule has 0 aliphatic carbocycles. The third-order valence-electron chi connectivity index (χ3n) is 2.85. The summed E-state index contributed by atoms with van der Waals surface area (Å²) in [7, 11) is 0. The van der Waals surface area contributed by atoms with Gasteiger partial charge in [-0.2, -0.15) is 0 Å². The van der Waals surface area contributed by atoms with Crippen LogP contribution in [0.5, 0.6) is 0 Å². The lowest BCUT2D eigenvalue weighted by Crippen LogP contribution is -2.15. The molecular weight excluding hydrogens is 276 g/mol. The normalized spacial score (nSPS) is 10.3. The third-order valence-corrected chi connectivity index (χ3v) is 3.92. The fourth-order valence-electron chi connectivity index (χ4n) is 1.92. The standard InChI is InChI=1S/C14H14N2O3S/c1-7-5-4-6-10(14(18)19)11(7)16-13(17)12-8(2)15-9(3)20-12/h4-6H,1-3H3,(H,16,17)(H,18,19). The molecule has 104 valence electrons. The number of anilines is 1. The quantitative estimate of drug-likeness (QED) is 0.910. The molecule has 0 spiro atoms. The summed E-state index contributed by atoms with van der Waals surface area (Å²) in [5, 5.41) is 12.7. The molecular formula is C14H14N2O3S. The van der Waals surface area contributed by atoms with Gasteiger partial charge < -0.3 is 10.4 Å². The molecule has 2 N–H and O–H groups in total. The molecule has 2 rings (SSSR count). The van der Waals surface area contributed by atoms with Crippen LogP contribution in [0, 0.1) is 20.8 Å². The summed E-state index contributed by atoms with van der Waals surface area (Å²) in [4.78, 5) is 28.1. The van der Waals surface area contributed by atoms with Crippen LogP contribution in [0.1, 0.15) is 36.3 Å². The Morgan fingerprint density at radius 2 is 1.95 bits per heavy atom. The summed E-state index contributed by atoms with van der Waals surface area (Å²) in [5.41, 5.74) is 1.76. The molecule has 0 unspecified atom stereocenters. The molecule has 1 heterocycles. The Hall–Kier alpha value is -2.21. The first kappa shape index (κ1) is 14.2. The molecule has 1 aromatic carbocycles. The predicted octanol–water partition coefficient (Wildman–Crippen LogP) is 3.02. The van der Waals surface area contributed by atoms with Crippen molar-refractivity contribution in [2.24, 2.45) is 0 Å². The van der Waals surface area contributed by atoms with Gasteiger partial charge >= 0.3 is 5.97 Å². The van der Waals surface area contributed by atoms with Crippen LogP contribution in [0.15, 0.2) is 18.2 Å². The molecule has 0 aliphatic rings. The molecule has 0 saturated heterocycles. The van der Waals surface area contributed by atoms with Gasteiger partial charge in [0.1, 0.15) is 4.88 Å². The fourth-order valence-corrected chi connectivity index (χ4v) is 2.74. The Bertz CT molecular complexity index is 692. The first-order chi connectivity index (χ1) is 9.40. The molecule has 5 nitrogen and oxygen atoms in total. The summed E-state index contributed by atoms with van der Waals surface area (Å²) in [6.45, 7) is 5.34. The summed E-state index contributed by atoms with van der Waals surface area (Å²) in [6, 6.07) is 4.87. The lowest BCUT2D eigenvalue weighted by Gasteiger charge is -2.10. The van der Waals surface area contributed by atoms with Gasteiger partial charge in [0.15, 0.2) is 0 Å². The van der Waals surface area contributed by atoms with Crippen molar-refractivity contribution < 1.29 is 14.7 Å². The number of rotatable bonds is 3. The van der Waals surface area contributed by atoms with E-state index in [1.807, 2.05) is 6.92 Å². The van der Waals surface area contributed by atoms with Crippen molar-refractivity contribution in [3.05, 3.63) is 44.9 Å². The zero-order valence-corrected chi connectivity index (χ0v) is 12.2. The van der Waals surface area contributed by atoms with Crippen molar-refractivity contribution in [3.63, 3.8) is 0 Å². The van der Waals surface area contributed by atoms with E-state index < -0.39 is 5.97 Å². The lowest BCUT2D eigenvalue weighted by atomic mass is 10.1. The van der Waals surface area contributed by atoms with Crippen molar-refractivity contribution >= 4 is 28.9 Å². The zero-order chi connectivity index (χ0) is 14.9. The van der Waals surface area contributed by atoms with Gasteiger partial charge in [-0.3, -0.25) is 4.79 Å². The minimum atomic E-state index is -1.07. The molecule has 2 aromatic rings. The van der Waals surface area contributed by atoms with E-state index in [9.17, 15) is 14.7 Å². The number of carboxylic acid groups (broad SMARTS) is 1. The van der Waals surface area contributed by atoms with Crippen molar-refractivity contribution in [1.82, 2.24) is 4.98 Å². The highest BCUT2D eigenvalue weighted by Crippen LogP contribution is 2.24. The molecule has 1 amide bonds. The Balaban J connectivity index is 2.37. The Morgan fingerprint density at radius 1 is 1.25 bits per heavy atom. The second-order valence-electron chi connectivity index (χ2n) is 4.40. The van der Waals surface area contributed by atoms with Crippen LogP contribution in [0.4, 0.5) is 5.69 Å². The number of carbonyl (C=O) groups excluding carboxylic acids is 1. The lowest BCUT2D eigenvalue weighted by molar-refractivity contribution is 0.0698. The van der Waals surface area contributed by atoms with Crippen LogP contribution < -0.4 is 5.32 Å². The minimum absolute atomic E-state index is 0.0808. The van der Waals surface area contributed by atoms with E-state index in [4.69, 9.17) is 0 Å². The highest BCUT2D eigenvalue weighted by molar-refractivity contribution is 7.13. The van der Waals surface area contributed by atoms with Crippen molar-refractivity contribution in [3.8, 4) is 0 Å². The van der Waals surface area contributed by atoms with Crippen molar-refractivity contribution in [1.29, 1.82) is 0 Å². The number of amides is 1. The van der Waals surface area contributed by atoms with Gasteiger partial charge in [0.05, 0.1) is 22.0 Å². The first-order valence-corrected chi connectivity index (χ1v) is 6.80. The number of para-hydroxylation sites is 1. The van der Waals surface area contributed by atoms with Gasteiger partial charge in [-0.1, -0.05) is 12.1 Å². The van der Waals surface area contributed by atoms with Gasteiger partial charge in [0.25, 0.3) is 5.91 Å². The zero-order valence-electron chi connectivity index (χ0n) is 11.4. The van der Waals surface area contributed by atoms with E-state index in [0.29, 0.717) is 21.8 Å². The van der Waals surface area contributed by atoms with Crippen LogP contribution in [0.3, 0.4) is 0 Å². The number of nitrogens with zero attached hydrogens (tertiary/aromatic N) is 1. The smallest absolute Gasteiger partial charge is 0.337 e. The molecule has 0 aliphatic heterocycles. The number of benzene rings is 1. The fraction of sp³-hybridized carbons (Fsp3) is 0.214. The van der Waals surface area contributed by atoms with Gasteiger partial charge in [-0.05, 0) is 32.4 Å². The molecule has 20 heavy (non-hydrogen) atoms. The number of hydrogen-bond donors (Lipinski definition) is 2. The second kappa shape index (κ2) is 5.42. The average Bonchev–Trinajstić information content (AvgIpc) is 2.70. The second-order valence-corrected chi connectivity index (χ2v) is 5.61. The minimum Gasteiger partial charge on any atom is -0.478 e. The first-order valence-electron chi connectivity index (χ1n) is 5.98. The summed E-state index contributed by atoms with van der Waals surface area (Å²) in [5.74, 6) is -1.40. The van der Waals surface area contributed by atoms with Gasteiger partial charge in [-0.25, -0.2) is 9.78 Å². The van der Waals surface area contributed by atoms with E-state index in [2.05, 4.69) is 10.3 Å². The van der Waals surface area contributed by atoms with Crippen LogP contribution in [0.2, 0.25) is 0 Å². The number of thiazole rings is 1. The molecule has 1 aromatic heterocycles. The van der Waals surface area contributed by atoms with E-state index in [-0.39, 0.29) is 11.5 Å². The van der Waals surface area contributed by atoms with Gasteiger partial charge in [-0.15, -0.1) is 11.3 Å². The van der Waals surface area contributed by atoms with Crippen LogP contribution in [-0.2, 0) is 0 Å². The number of aromatic nitrogens is 1. The maximum Gasteiger partial charge on any atom is 0.337 e. The number of nitrogens with one attached hydrogen (secondary N) is 1. The molecule has 0 bridgehead atoms. The maximum atomic E-state index is 12.2. The van der Waals surface area contributed by atoms with Crippen molar-refractivity contribution in [2.45, 2.75) is 20.8 Å². The molecule has 0 atom stereocenters.